The summed E-state index contributed by atoms with van der Waals surface area (Å²) in [6.07, 6.45) is -0.119. The highest BCUT2D eigenvalue weighted by Gasteiger charge is 2.69. The number of nitrogens with one attached hydrogen (secondary N) is 1. The molecule has 2 saturated carbocycles. The number of ketones is 4. The second kappa shape index (κ2) is 8.67. The minimum absolute atomic E-state index is 0.00416. The number of nitro benzene ring substituents is 1. The zero-order valence-corrected chi connectivity index (χ0v) is 21.6. The summed E-state index contributed by atoms with van der Waals surface area (Å²) in [6, 6.07) is -0.0871. The van der Waals surface area contributed by atoms with Crippen molar-refractivity contribution >= 4 is 40.4 Å². The Morgan fingerprint density at radius 2 is 1.82 bits per heavy atom. The van der Waals surface area contributed by atoms with Crippen LogP contribution in [0.1, 0.15) is 43.1 Å². The smallest absolute Gasteiger partial charge is 0.313 e. The zero-order chi connectivity index (χ0) is 28.6. The molecule has 0 bridgehead atoms. The number of phenols is 1. The van der Waals surface area contributed by atoms with Gasteiger partial charge in [0, 0.05) is 23.2 Å². The summed E-state index contributed by atoms with van der Waals surface area (Å²) in [5.41, 5.74) is 1.15. The summed E-state index contributed by atoms with van der Waals surface area (Å²) in [5, 5.41) is 37.1. The SMILES string of the molecule is CN(C)[C@@H]1C(=O)C(C(N)=O)C(=O)[C@@]2(O)C(=O)C3C(=O)c4c(O)c([N+](=O)[O-])cc(NC(C)(C)C)c4CC3CC12. The summed E-state index contributed by atoms with van der Waals surface area (Å²) in [6.45, 7) is 5.39. The van der Waals surface area contributed by atoms with Crippen molar-refractivity contribution in [1.29, 1.82) is 0 Å². The Morgan fingerprint density at radius 3 is 2.32 bits per heavy atom. The molecule has 0 heterocycles. The Labute approximate surface area is 217 Å². The monoisotopic (exact) mass is 530 g/mol. The molecule has 0 radical (unpaired) electrons. The lowest BCUT2D eigenvalue weighted by atomic mass is 9.52. The van der Waals surface area contributed by atoms with E-state index >= 15 is 0 Å². The van der Waals surface area contributed by atoms with Gasteiger partial charge in [0.05, 0.1) is 22.4 Å². The number of Topliss-reactive ketones (excluding diaryl/α,β-unsaturated/α-hetero) is 4. The number of carbonyl (C=O) groups excluding carboxylic acids is 5. The number of fused-ring (bicyclic) bond motifs is 3. The lowest BCUT2D eigenvalue weighted by molar-refractivity contribution is -0.385. The molecule has 38 heavy (non-hydrogen) atoms. The summed E-state index contributed by atoms with van der Waals surface area (Å²) < 4.78 is 0. The Morgan fingerprint density at radius 1 is 1.21 bits per heavy atom. The normalized spacial score (nSPS) is 31.0. The standard InChI is InChI=1S/C25H30N4O9/c1-24(2,3)27-12-8-13(29(37)38)18(30)15-10(12)6-9-7-11-17(28(4)5)20(32)16(23(26)35)22(34)25(11,36)21(33)14(9)19(15)31/h8-9,11,14,16-17,27,30,36H,6-7H2,1-5H3,(H2,26,35)/t9?,11?,14?,16?,17-,25-/m0/s1. The van der Waals surface area contributed by atoms with E-state index in [0.29, 0.717) is 0 Å². The number of aromatic hydroxyl groups is 1. The van der Waals surface area contributed by atoms with Crippen LogP contribution in [0.15, 0.2) is 6.07 Å². The molecule has 0 saturated heterocycles. The third-order valence-electron chi connectivity index (χ3n) is 7.75. The van der Waals surface area contributed by atoms with E-state index in [0.717, 1.165) is 6.07 Å². The highest BCUT2D eigenvalue weighted by molar-refractivity contribution is 6.32. The van der Waals surface area contributed by atoms with Gasteiger partial charge in [-0.25, -0.2) is 0 Å². The minimum Gasteiger partial charge on any atom is -0.502 e. The third kappa shape index (κ3) is 3.79. The number of aliphatic hydroxyl groups is 1. The predicted octanol–water partition coefficient (Wildman–Crippen LogP) is -0.0144. The van der Waals surface area contributed by atoms with Gasteiger partial charge in [0.15, 0.2) is 34.7 Å². The number of hydrogen-bond donors (Lipinski definition) is 4. The van der Waals surface area contributed by atoms with Crippen LogP contribution >= 0.6 is 0 Å². The number of nitro groups is 1. The molecule has 6 atom stereocenters. The van der Waals surface area contributed by atoms with Crippen molar-refractivity contribution in [2.45, 2.75) is 50.8 Å². The number of benzene rings is 1. The molecule has 13 heteroatoms. The fourth-order valence-electron chi connectivity index (χ4n) is 6.31. The van der Waals surface area contributed by atoms with Crippen molar-refractivity contribution < 1.29 is 39.1 Å². The molecular formula is C25H30N4O9. The molecule has 5 N–H and O–H groups in total. The Kier molecular flexibility index (Phi) is 6.23. The van der Waals surface area contributed by atoms with Gasteiger partial charge in [0.1, 0.15) is 0 Å². The van der Waals surface area contributed by atoms with Crippen LogP contribution in [0.25, 0.3) is 0 Å². The fourth-order valence-corrected chi connectivity index (χ4v) is 6.31. The van der Waals surface area contributed by atoms with Gasteiger partial charge in [-0.15, -0.1) is 0 Å². The number of phenolic OH excluding ortho intramolecular Hbond substituents is 1. The Balaban J connectivity index is 1.92. The van der Waals surface area contributed by atoms with Crippen LogP contribution in [0.5, 0.6) is 5.75 Å². The maximum Gasteiger partial charge on any atom is 0.313 e. The molecule has 0 spiro atoms. The molecule has 204 valence electrons. The first-order valence-corrected chi connectivity index (χ1v) is 12.1. The zero-order valence-electron chi connectivity index (χ0n) is 21.6. The van der Waals surface area contributed by atoms with Crippen LogP contribution in [0.4, 0.5) is 11.4 Å². The van der Waals surface area contributed by atoms with Gasteiger partial charge in [0.25, 0.3) is 0 Å². The number of amides is 1. The Hall–Kier alpha value is -3.71. The van der Waals surface area contributed by atoms with E-state index in [2.05, 4.69) is 5.32 Å². The first-order valence-electron chi connectivity index (χ1n) is 12.1. The number of carbonyl (C=O) groups is 5. The number of nitrogens with two attached hydrogens (primary N) is 1. The van der Waals surface area contributed by atoms with E-state index in [-0.39, 0.29) is 24.1 Å². The average Bonchev–Trinajstić information content (AvgIpc) is 2.76. The number of primary amides is 1. The molecule has 13 nitrogen and oxygen atoms in total. The number of anilines is 1. The molecular weight excluding hydrogens is 500 g/mol. The van der Waals surface area contributed by atoms with Crippen molar-refractivity contribution in [1.82, 2.24) is 4.90 Å². The summed E-state index contributed by atoms with van der Waals surface area (Å²) in [4.78, 5) is 78.3. The van der Waals surface area contributed by atoms with Crippen molar-refractivity contribution in [3.63, 3.8) is 0 Å². The van der Waals surface area contributed by atoms with Crippen molar-refractivity contribution in [3.8, 4) is 5.75 Å². The van der Waals surface area contributed by atoms with Gasteiger partial charge in [-0.2, -0.15) is 0 Å². The molecule has 1 amide bonds. The molecule has 4 rings (SSSR count). The van der Waals surface area contributed by atoms with E-state index in [9.17, 15) is 44.3 Å². The summed E-state index contributed by atoms with van der Waals surface area (Å²) in [7, 11) is 2.99. The van der Waals surface area contributed by atoms with Gasteiger partial charge < -0.3 is 21.3 Å². The van der Waals surface area contributed by atoms with E-state index < -0.39 is 91.8 Å². The predicted molar refractivity (Wildman–Crippen MR) is 131 cm³/mol. The van der Waals surface area contributed by atoms with Crippen molar-refractivity contribution in [2.24, 2.45) is 29.4 Å². The minimum atomic E-state index is -2.86. The van der Waals surface area contributed by atoms with E-state index in [1.807, 2.05) is 0 Å². The van der Waals surface area contributed by atoms with Gasteiger partial charge >= 0.3 is 5.69 Å². The first-order chi connectivity index (χ1) is 17.4. The van der Waals surface area contributed by atoms with Crippen LogP contribution in [0.3, 0.4) is 0 Å². The molecule has 2 fully saturated rings. The van der Waals surface area contributed by atoms with Crippen LogP contribution in [-0.2, 0) is 25.6 Å². The molecule has 4 unspecified atom stereocenters. The summed E-state index contributed by atoms with van der Waals surface area (Å²) >= 11 is 0. The number of likely N-dealkylation sites (N-methyl/N-ethyl adjacent to an activating group) is 1. The van der Waals surface area contributed by atoms with E-state index in [1.54, 1.807) is 20.8 Å². The second-order valence-electron chi connectivity index (χ2n) is 11.6. The van der Waals surface area contributed by atoms with Crippen LogP contribution in [0, 0.1) is 33.8 Å². The van der Waals surface area contributed by atoms with Crippen molar-refractivity contribution in [2.75, 3.05) is 19.4 Å². The molecule has 0 aromatic heterocycles. The fraction of sp³-hybridized carbons (Fsp3) is 0.560. The third-order valence-corrected chi connectivity index (χ3v) is 7.75. The van der Waals surface area contributed by atoms with Gasteiger partial charge in [-0.05, 0) is 59.2 Å². The second-order valence-corrected chi connectivity index (χ2v) is 11.6. The summed E-state index contributed by atoms with van der Waals surface area (Å²) in [5.74, 6) is -12.4. The lowest BCUT2D eigenvalue weighted by Crippen LogP contribution is -2.74. The Bertz CT molecular complexity index is 1310. The number of hydrogen-bond acceptors (Lipinski definition) is 11. The first kappa shape index (κ1) is 27.3. The van der Waals surface area contributed by atoms with Crippen LogP contribution in [0.2, 0.25) is 0 Å². The highest BCUT2D eigenvalue weighted by atomic mass is 16.6. The quantitative estimate of drug-likeness (QED) is 0.176. The van der Waals surface area contributed by atoms with Gasteiger partial charge in [-0.1, -0.05) is 0 Å². The molecule has 1 aromatic rings. The van der Waals surface area contributed by atoms with Gasteiger partial charge in [-0.3, -0.25) is 39.0 Å². The molecule has 3 aliphatic carbocycles. The molecule has 1 aromatic carbocycles. The average molecular weight is 531 g/mol. The largest absolute Gasteiger partial charge is 0.502 e. The lowest BCUT2D eigenvalue weighted by Gasteiger charge is -2.52. The van der Waals surface area contributed by atoms with Crippen molar-refractivity contribution in [3.05, 3.63) is 27.3 Å². The maximum atomic E-state index is 13.8. The molecule has 3 aliphatic rings. The van der Waals surface area contributed by atoms with E-state index in [4.69, 9.17) is 5.73 Å². The number of rotatable bonds is 4. The maximum absolute atomic E-state index is 13.8. The highest BCUT2D eigenvalue weighted by Crippen LogP contribution is 2.52. The molecule has 0 aliphatic heterocycles. The topological polar surface area (TPSA) is 210 Å². The van der Waals surface area contributed by atoms with E-state index in [1.165, 1.54) is 19.0 Å². The van der Waals surface area contributed by atoms with Crippen LogP contribution in [-0.4, -0.2) is 80.4 Å². The number of nitrogens with zero attached hydrogens (tertiary/aromatic N) is 2. The van der Waals surface area contributed by atoms with Crippen LogP contribution < -0.4 is 11.1 Å². The van der Waals surface area contributed by atoms with Gasteiger partial charge in [0.2, 0.25) is 11.7 Å².